The maximum absolute atomic E-state index is 5.64. The van der Waals surface area contributed by atoms with Crippen molar-refractivity contribution in [3.05, 3.63) is 198 Å². The highest BCUT2D eigenvalue weighted by Crippen LogP contribution is 2.50. The van der Waals surface area contributed by atoms with Crippen molar-refractivity contribution in [1.29, 1.82) is 0 Å². The largest absolute Gasteiger partial charge is 0.345 e. The van der Waals surface area contributed by atoms with E-state index < -0.39 is 0 Å². The molecule has 0 saturated heterocycles. The van der Waals surface area contributed by atoms with E-state index >= 15 is 0 Å². The minimum atomic E-state index is -0.0407. The molecule has 1 aliphatic heterocycles. The first-order valence-corrected chi connectivity index (χ1v) is 20.9. The summed E-state index contributed by atoms with van der Waals surface area (Å²) < 4.78 is 2.39. The van der Waals surface area contributed by atoms with E-state index in [-0.39, 0.29) is 6.04 Å². The zero-order valence-corrected chi connectivity index (χ0v) is 32.8. The molecule has 274 valence electrons. The molecular weight excluding hydrogens is 699 g/mol. The molecule has 0 spiro atoms. The van der Waals surface area contributed by atoms with Gasteiger partial charge in [0.25, 0.3) is 0 Å². The third-order valence-electron chi connectivity index (χ3n) is 12.1. The molecule has 0 fully saturated rings. The maximum Gasteiger partial charge on any atom is 0.209 e. The van der Waals surface area contributed by atoms with Crippen LogP contribution in [0.5, 0.6) is 0 Å². The van der Waals surface area contributed by atoms with Crippen molar-refractivity contribution in [2.24, 2.45) is 10.9 Å². The molecule has 5 aliphatic carbocycles. The van der Waals surface area contributed by atoms with Crippen molar-refractivity contribution in [2.45, 2.75) is 51.5 Å². The van der Waals surface area contributed by atoms with Gasteiger partial charge in [-0.1, -0.05) is 140 Å². The van der Waals surface area contributed by atoms with Gasteiger partial charge in [0, 0.05) is 22.3 Å². The van der Waals surface area contributed by atoms with E-state index in [9.17, 15) is 0 Å². The minimum absolute atomic E-state index is 0.0407. The van der Waals surface area contributed by atoms with Gasteiger partial charge >= 0.3 is 0 Å². The van der Waals surface area contributed by atoms with E-state index in [0.29, 0.717) is 11.8 Å². The number of aromatic nitrogens is 1. The number of fused-ring (bicyclic) bond motifs is 8. The lowest BCUT2D eigenvalue weighted by Gasteiger charge is -2.34. The maximum atomic E-state index is 5.64. The molecule has 4 heteroatoms. The molecule has 3 heterocycles. The van der Waals surface area contributed by atoms with Crippen LogP contribution >= 0.6 is 11.3 Å². The molecule has 6 aliphatic rings. The van der Waals surface area contributed by atoms with Gasteiger partial charge in [0.2, 0.25) is 5.96 Å². The predicted octanol–water partition coefficient (Wildman–Crippen LogP) is 11.2. The first-order chi connectivity index (χ1) is 27.6. The summed E-state index contributed by atoms with van der Waals surface area (Å²) in [5, 5.41) is 8.84. The quantitative estimate of drug-likeness (QED) is 0.196. The molecule has 0 bridgehead atoms. The van der Waals surface area contributed by atoms with Gasteiger partial charge < -0.3 is 5.32 Å². The molecule has 10 rings (SSSR count). The second-order valence-corrected chi connectivity index (χ2v) is 16.4. The predicted molar refractivity (Wildman–Crippen MR) is 240 cm³/mol. The van der Waals surface area contributed by atoms with Gasteiger partial charge in [-0.3, -0.25) is 4.57 Å². The average Bonchev–Trinajstić information content (AvgIpc) is 3.80. The highest BCUT2D eigenvalue weighted by molar-refractivity contribution is 7.11. The van der Waals surface area contributed by atoms with Crippen LogP contribution in [0.25, 0.3) is 47.6 Å². The van der Waals surface area contributed by atoms with Gasteiger partial charge in [-0.05, 0) is 118 Å². The van der Waals surface area contributed by atoms with Crippen LogP contribution in [0.15, 0.2) is 149 Å². The summed E-state index contributed by atoms with van der Waals surface area (Å²) in [6.07, 6.45) is 38.9. The number of allylic oxidation sites excluding steroid dienone is 12. The number of thiophene rings is 1. The van der Waals surface area contributed by atoms with E-state index in [1.807, 2.05) is 17.4 Å². The lowest BCUT2D eigenvalue weighted by molar-refractivity contribution is 0.622. The SMILES string of the molecule is C=C/C=C(\C=C(/C)C1=C2c3ccccc3C=CC2NC(n2c(/C=C\c3csc4c3C3C5=C(C=CCC5)C=CC3C=C4)c(C)c3c2=CCCC=3)=N1)c1ccccc1. The number of hydrogen-bond acceptors (Lipinski definition) is 3. The van der Waals surface area contributed by atoms with Crippen LogP contribution < -0.4 is 15.9 Å². The highest BCUT2D eigenvalue weighted by Gasteiger charge is 2.35. The van der Waals surface area contributed by atoms with Crippen molar-refractivity contribution < 1.29 is 0 Å². The van der Waals surface area contributed by atoms with Crippen LogP contribution in [0.4, 0.5) is 0 Å². The Bertz CT molecular complexity index is 2760. The van der Waals surface area contributed by atoms with E-state index in [2.05, 4.69) is 175 Å². The third kappa shape index (κ3) is 5.83. The van der Waals surface area contributed by atoms with E-state index in [4.69, 9.17) is 4.99 Å². The Kier molecular flexibility index (Phi) is 8.79. The van der Waals surface area contributed by atoms with Gasteiger partial charge in [-0.2, -0.15) is 0 Å². The zero-order valence-electron chi connectivity index (χ0n) is 32.0. The zero-order chi connectivity index (χ0) is 37.8. The summed E-state index contributed by atoms with van der Waals surface area (Å²) in [6.45, 7) is 8.54. The fourth-order valence-electron chi connectivity index (χ4n) is 9.52. The number of benzene rings is 2. The first-order valence-electron chi connectivity index (χ1n) is 20.0. The summed E-state index contributed by atoms with van der Waals surface area (Å²) in [4.78, 5) is 7.03. The van der Waals surface area contributed by atoms with Gasteiger partial charge in [0.1, 0.15) is 0 Å². The summed E-state index contributed by atoms with van der Waals surface area (Å²) in [7, 11) is 0. The van der Waals surface area contributed by atoms with Crippen LogP contribution in [0, 0.1) is 12.8 Å². The number of rotatable bonds is 6. The van der Waals surface area contributed by atoms with Crippen molar-refractivity contribution in [1.82, 2.24) is 9.88 Å². The Morgan fingerprint density at radius 2 is 1.77 bits per heavy atom. The van der Waals surface area contributed by atoms with Crippen LogP contribution in [0.1, 0.15) is 82.5 Å². The first kappa shape index (κ1) is 34.5. The second-order valence-electron chi connectivity index (χ2n) is 15.4. The average molecular weight is 744 g/mol. The fourth-order valence-corrected chi connectivity index (χ4v) is 10.5. The Labute approximate surface area is 333 Å². The van der Waals surface area contributed by atoms with E-state index in [1.54, 1.807) is 5.57 Å². The molecule has 2 aromatic carbocycles. The fraction of sp³-hybridized carbons (Fsp3) is 0.173. The Morgan fingerprint density at radius 3 is 2.66 bits per heavy atom. The molecule has 3 unspecified atom stereocenters. The molecule has 1 N–H and O–H groups in total. The highest BCUT2D eigenvalue weighted by atomic mass is 32.1. The Hall–Kier alpha value is -5.97. The molecule has 56 heavy (non-hydrogen) atoms. The third-order valence-corrected chi connectivity index (χ3v) is 13.1. The number of aliphatic imine (C=N–C) groups is 1. The van der Waals surface area contributed by atoms with Crippen LogP contribution in [0.2, 0.25) is 0 Å². The van der Waals surface area contributed by atoms with Crippen LogP contribution in [-0.4, -0.2) is 16.6 Å². The molecule has 3 nitrogen and oxygen atoms in total. The lowest BCUT2D eigenvalue weighted by atomic mass is 9.69. The van der Waals surface area contributed by atoms with Crippen molar-refractivity contribution in [3.63, 3.8) is 0 Å². The minimum Gasteiger partial charge on any atom is -0.345 e. The lowest BCUT2D eigenvalue weighted by Crippen LogP contribution is -2.47. The molecule has 4 aromatic rings. The van der Waals surface area contributed by atoms with Gasteiger partial charge in [-0.25, -0.2) is 4.99 Å². The molecule has 0 radical (unpaired) electrons. The monoisotopic (exact) mass is 743 g/mol. The van der Waals surface area contributed by atoms with Crippen molar-refractivity contribution in [2.75, 3.05) is 0 Å². The second kappa shape index (κ2) is 14.3. The topological polar surface area (TPSA) is 29.3 Å². The van der Waals surface area contributed by atoms with Crippen molar-refractivity contribution in [3.8, 4) is 0 Å². The van der Waals surface area contributed by atoms with Gasteiger partial charge in [0.05, 0.1) is 22.8 Å². The molecular formula is C52H45N3S. The Morgan fingerprint density at radius 1 is 0.929 bits per heavy atom. The Balaban J connectivity index is 1.13. The number of nitrogens with zero attached hydrogens (tertiary/aromatic N) is 2. The number of nitrogens with one attached hydrogen (secondary N) is 1. The summed E-state index contributed by atoms with van der Waals surface area (Å²) in [5.74, 6) is 1.66. The molecule has 3 atom stereocenters. The smallest absolute Gasteiger partial charge is 0.209 e. The number of hydrogen-bond donors (Lipinski definition) is 1. The van der Waals surface area contributed by atoms with E-state index in [1.165, 1.54) is 60.1 Å². The standard InChI is InChI=1S/C52H45N3S/c1-4-14-39(35-15-6-5-7-16-35)31-33(2)51-50-43-21-11-9-18-37(43)25-28-44(50)53-52(54-51)55-45(34(3)41-19-12-13-22-46(41)55)29-26-40-32-56-47-30-27-38-24-23-36-17-8-10-20-42(36)48(38)49(40)47/h4-9,11,14-19,21-32,38,44,48H,1,10,12-13,20H2,2-3H3,(H,53,54)/b29-26-,33-31+,39-14+. The molecule has 0 saturated carbocycles. The van der Waals surface area contributed by atoms with E-state index in [0.717, 1.165) is 54.0 Å². The van der Waals surface area contributed by atoms with Crippen LogP contribution in [0.3, 0.4) is 0 Å². The summed E-state index contributed by atoms with van der Waals surface area (Å²) in [5.41, 5.74) is 16.3. The molecule has 2 aromatic heterocycles. The summed E-state index contributed by atoms with van der Waals surface area (Å²) >= 11 is 1.87. The summed E-state index contributed by atoms with van der Waals surface area (Å²) in [6, 6.07) is 19.2. The molecule has 0 amide bonds. The van der Waals surface area contributed by atoms with Gasteiger partial charge in [0.15, 0.2) is 0 Å². The normalized spacial score (nSPS) is 22.0. The van der Waals surface area contributed by atoms with Crippen molar-refractivity contribution >= 4 is 64.9 Å². The van der Waals surface area contributed by atoms with Crippen LogP contribution in [-0.2, 0) is 0 Å². The van der Waals surface area contributed by atoms with Gasteiger partial charge in [-0.15, -0.1) is 11.3 Å².